The standard InChI is InChI=1S/C11H24N2.C10H22N2.C10H21N.C9H20N2.C9H19N.C6H12O.5CH4/c1-5-6-12-7-9-13(10-8-12)11(2,3)4;1-5-11-6-8-12(9-7-11)10(2,3)4;1-9-6-5-7-11(8-9)10(2,3)4;1-9(2,3)11-7-5-10(4)6-8-11;1-9(2,3)10-7-5-4-6-8-10;1-5(7)6(2,3)4;;;;;/h5-10H2,1-4H3;5-9H2,1-4H3;9H,5-8H2,1-4H3;5-8H2,1-4H3;4-8H2,1-3H3;1-4H3;5*1H4. The fraction of sp³-hybridized carbons (Fsp3) is 0.983. The van der Waals surface area contributed by atoms with E-state index in [1.807, 2.05) is 20.8 Å². The molecule has 9 nitrogen and oxygen atoms in total. The van der Waals surface area contributed by atoms with Crippen molar-refractivity contribution in [2.24, 2.45) is 11.3 Å². The zero-order chi connectivity index (χ0) is 49.7. The van der Waals surface area contributed by atoms with Crippen LogP contribution in [0.2, 0.25) is 0 Å². The van der Waals surface area contributed by atoms with E-state index in [0.717, 1.165) is 5.92 Å². The van der Waals surface area contributed by atoms with E-state index in [0.29, 0.717) is 27.7 Å². The summed E-state index contributed by atoms with van der Waals surface area (Å²) in [5.41, 5.74) is 1.73. The molecule has 424 valence electrons. The minimum Gasteiger partial charge on any atom is -0.304 e. The highest BCUT2D eigenvalue weighted by Crippen LogP contribution is 2.23. The van der Waals surface area contributed by atoms with Gasteiger partial charge in [-0.25, -0.2) is 0 Å². The summed E-state index contributed by atoms with van der Waals surface area (Å²) in [6.45, 7) is 71.3. The number of carbonyl (C=O) groups excluding carboxylic acids is 1. The number of likely N-dealkylation sites (N-methyl/N-ethyl adjacent to an activating group) is 2. The van der Waals surface area contributed by atoms with Gasteiger partial charge in [-0.05, 0) is 189 Å². The molecule has 0 saturated carbocycles. The third-order valence-electron chi connectivity index (χ3n) is 14.0. The van der Waals surface area contributed by atoms with Gasteiger partial charge < -0.3 is 14.7 Å². The van der Waals surface area contributed by atoms with Crippen LogP contribution in [0, 0.1) is 11.3 Å². The molecule has 0 N–H and O–H groups in total. The number of likely N-dealkylation sites (tertiary alicyclic amines) is 2. The average molecular weight is 988 g/mol. The molecule has 5 aliphatic rings. The number of Topliss-reactive ketones (excluding diaryl/α,β-unsaturated/α-hetero) is 1. The Morgan fingerprint density at radius 3 is 0.957 bits per heavy atom. The summed E-state index contributed by atoms with van der Waals surface area (Å²) in [6, 6.07) is 0. The molecule has 0 aliphatic carbocycles. The number of hydrogen-bond donors (Lipinski definition) is 0. The van der Waals surface area contributed by atoms with Crippen molar-refractivity contribution < 1.29 is 4.79 Å². The van der Waals surface area contributed by atoms with Crippen LogP contribution in [-0.2, 0) is 4.79 Å². The van der Waals surface area contributed by atoms with E-state index in [-0.39, 0.29) is 48.3 Å². The molecular formula is C60H138N8O. The minimum atomic E-state index is -0.139. The first-order chi connectivity index (χ1) is 29.1. The van der Waals surface area contributed by atoms with Crippen LogP contribution >= 0.6 is 0 Å². The first-order valence-corrected chi connectivity index (χ1v) is 26.5. The fourth-order valence-electron chi connectivity index (χ4n) is 8.53. The first-order valence-electron chi connectivity index (χ1n) is 26.5. The van der Waals surface area contributed by atoms with Gasteiger partial charge in [-0.1, -0.05) is 85.1 Å². The molecular weight excluding hydrogens is 849 g/mol. The molecule has 0 aromatic rings. The van der Waals surface area contributed by atoms with Crippen molar-refractivity contribution in [3.8, 4) is 0 Å². The minimum absolute atomic E-state index is 0. The van der Waals surface area contributed by atoms with Gasteiger partial charge in [0.25, 0.3) is 0 Å². The Balaban J connectivity index is -0.000000171. The lowest BCUT2D eigenvalue weighted by molar-refractivity contribution is -0.124. The van der Waals surface area contributed by atoms with Crippen molar-refractivity contribution >= 4 is 5.78 Å². The van der Waals surface area contributed by atoms with Crippen LogP contribution in [0.15, 0.2) is 0 Å². The van der Waals surface area contributed by atoms with Crippen molar-refractivity contribution in [1.29, 1.82) is 0 Å². The zero-order valence-corrected chi connectivity index (χ0v) is 48.0. The predicted octanol–water partition coefficient (Wildman–Crippen LogP) is 13.9. The smallest absolute Gasteiger partial charge is 0.135 e. The Labute approximate surface area is 440 Å². The Bertz CT molecular complexity index is 1170. The molecule has 9 heteroatoms. The monoisotopic (exact) mass is 987 g/mol. The Morgan fingerprint density at radius 1 is 0.420 bits per heavy atom. The van der Waals surface area contributed by atoms with Gasteiger partial charge in [0.1, 0.15) is 5.78 Å². The summed E-state index contributed by atoms with van der Waals surface area (Å²) in [5, 5.41) is 0. The van der Waals surface area contributed by atoms with Crippen LogP contribution in [0.3, 0.4) is 0 Å². The lowest BCUT2D eigenvalue weighted by atomic mass is 9.92. The molecule has 5 aliphatic heterocycles. The van der Waals surface area contributed by atoms with E-state index >= 15 is 0 Å². The number of piperidine rings is 2. The third-order valence-corrected chi connectivity index (χ3v) is 14.0. The van der Waals surface area contributed by atoms with Crippen LogP contribution in [-0.4, -0.2) is 198 Å². The van der Waals surface area contributed by atoms with E-state index in [1.54, 1.807) is 6.92 Å². The van der Waals surface area contributed by atoms with Gasteiger partial charge in [-0.2, -0.15) is 0 Å². The lowest BCUT2D eigenvalue weighted by Crippen LogP contribution is -2.53. The van der Waals surface area contributed by atoms with E-state index in [9.17, 15) is 4.79 Å². The molecule has 0 spiro atoms. The van der Waals surface area contributed by atoms with Crippen molar-refractivity contribution in [3.05, 3.63) is 0 Å². The van der Waals surface area contributed by atoms with Gasteiger partial charge in [0.2, 0.25) is 0 Å². The summed E-state index contributed by atoms with van der Waals surface area (Å²) < 4.78 is 0. The summed E-state index contributed by atoms with van der Waals surface area (Å²) in [4.78, 5) is 30.8. The van der Waals surface area contributed by atoms with E-state index in [4.69, 9.17) is 0 Å². The quantitative estimate of drug-likeness (QED) is 0.275. The van der Waals surface area contributed by atoms with Crippen molar-refractivity contribution in [1.82, 2.24) is 39.2 Å². The SMILES string of the molecule is C.C.C.C.C.CC(=O)C(C)(C)C.CC(C)(C)N1CCCCC1.CC1CCCN(C(C)(C)C)C1.CCCN1CCN(C(C)(C)C)CC1.CCN1CCN(C(C)(C)C)CC1.CN1CCN(C(C)(C)C)CC1. The number of hydrogen-bond acceptors (Lipinski definition) is 9. The Morgan fingerprint density at radius 2 is 0.710 bits per heavy atom. The Kier molecular flexibility index (Phi) is 42.9. The fourth-order valence-corrected chi connectivity index (χ4v) is 8.53. The molecule has 0 aromatic heterocycles. The number of carbonyl (C=O) groups is 1. The van der Waals surface area contributed by atoms with E-state index in [1.165, 1.54) is 156 Å². The molecule has 69 heavy (non-hydrogen) atoms. The summed E-state index contributed by atoms with van der Waals surface area (Å²) in [6.07, 6.45) is 8.33. The van der Waals surface area contributed by atoms with Gasteiger partial charge in [0, 0.05) is 118 Å². The molecule has 5 saturated heterocycles. The topological polar surface area (TPSA) is 43.0 Å². The van der Waals surface area contributed by atoms with Crippen LogP contribution in [0.4, 0.5) is 0 Å². The van der Waals surface area contributed by atoms with Gasteiger partial charge in [0.15, 0.2) is 0 Å². The maximum atomic E-state index is 10.5. The molecule has 0 radical (unpaired) electrons. The highest BCUT2D eigenvalue weighted by atomic mass is 16.1. The molecule has 1 unspecified atom stereocenters. The maximum absolute atomic E-state index is 10.5. The maximum Gasteiger partial charge on any atom is 0.135 e. The highest BCUT2D eigenvalue weighted by molar-refractivity contribution is 5.80. The third kappa shape index (κ3) is 36.8. The van der Waals surface area contributed by atoms with Crippen LogP contribution < -0.4 is 0 Å². The number of rotatable bonds is 3. The van der Waals surface area contributed by atoms with Crippen molar-refractivity contribution in [3.63, 3.8) is 0 Å². The van der Waals surface area contributed by atoms with Crippen molar-refractivity contribution in [2.45, 2.75) is 256 Å². The lowest BCUT2D eigenvalue weighted by Gasteiger charge is -2.42. The number of piperazine rings is 3. The van der Waals surface area contributed by atoms with Crippen LogP contribution in [0.1, 0.15) is 228 Å². The van der Waals surface area contributed by atoms with Crippen molar-refractivity contribution in [2.75, 3.05) is 125 Å². The highest BCUT2D eigenvalue weighted by Gasteiger charge is 2.28. The zero-order valence-electron chi connectivity index (χ0n) is 48.0. The van der Waals surface area contributed by atoms with Gasteiger partial charge >= 0.3 is 0 Å². The second-order valence-electron chi connectivity index (χ2n) is 25.9. The summed E-state index contributed by atoms with van der Waals surface area (Å²) >= 11 is 0. The molecule has 5 fully saturated rings. The van der Waals surface area contributed by atoms with Gasteiger partial charge in [-0.3, -0.25) is 29.3 Å². The normalized spacial score (nSPS) is 21.1. The summed E-state index contributed by atoms with van der Waals surface area (Å²) in [5.74, 6) is 1.15. The number of nitrogens with zero attached hydrogens (tertiary/aromatic N) is 8. The first kappa shape index (κ1) is 79.8. The van der Waals surface area contributed by atoms with E-state index < -0.39 is 0 Å². The molecule has 0 bridgehead atoms. The predicted molar refractivity (Wildman–Crippen MR) is 319 cm³/mol. The van der Waals surface area contributed by atoms with E-state index in [2.05, 4.69) is 171 Å². The Hall–Kier alpha value is -0.650. The number of ketones is 1. The molecule has 0 amide bonds. The molecule has 0 aromatic carbocycles. The summed E-state index contributed by atoms with van der Waals surface area (Å²) in [7, 11) is 2.19. The second kappa shape index (κ2) is 37.1. The molecule has 5 rings (SSSR count). The van der Waals surface area contributed by atoms with Crippen LogP contribution in [0.5, 0.6) is 0 Å². The molecule has 5 heterocycles. The largest absolute Gasteiger partial charge is 0.304 e. The van der Waals surface area contributed by atoms with Gasteiger partial charge in [-0.15, -0.1) is 0 Å². The average Bonchev–Trinajstić information content (AvgIpc) is 3.18. The molecule has 1 atom stereocenters. The second-order valence-corrected chi connectivity index (χ2v) is 25.9. The van der Waals surface area contributed by atoms with Crippen LogP contribution in [0.25, 0.3) is 0 Å². The van der Waals surface area contributed by atoms with Gasteiger partial charge in [0.05, 0.1) is 0 Å².